The van der Waals surface area contributed by atoms with Gasteiger partial charge in [0.25, 0.3) is 11.5 Å². The average molecular weight is 277 g/mol. The number of H-pyrrole nitrogens is 1. The number of aliphatic hydroxyl groups is 2. The predicted molar refractivity (Wildman–Crippen MR) is 72.4 cm³/mol. The van der Waals surface area contributed by atoms with E-state index in [1.807, 2.05) is 0 Å². The highest BCUT2D eigenvalue weighted by atomic mass is 16.3. The number of amides is 1. The molecule has 0 radical (unpaired) electrons. The van der Waals surface area contributed by atoms with Crippen molar-refractivity contribution < 1.29 is 15.0 Å². The fraction of sp³-hybridized carbons (Fsp3) is 0.308. The number of carbonyl (C=O) groups excluding carboxylic acids is 1. The number of aromatic amines is 1. The fourth-order valence-corrected chi connectivity index (χ4v) is 1.75. The van der Waals surface area contributed by atoms with E-state index in [1.165, 1.54) is 6.92 Å². The van der Waals surface area contributed by atoms with Crippen molar-refractivity contribution in [1.82, 2.24) is 15.5 Å². The lowest BCUT2D eigenvalue weighted by atomic mass is 10.0. The van der Waals surface area contributed by atoms with E-state index >= 15 is 0 Å². The third-order valence-corrected chi connectivity index (χ3v) is 3.02. The molecule has 0 saturated heterocycles. The van der Waals surface area contributed by atoms with E-state index in [1.54, 1.807) is 24.3 Å². The van der Waals surface area contributed by atoms with Crippen LogP contribution in [0.25, 0.3) is 10.8 Å². The van der Waals surface area contributed by atoms with Crippen LogP contribution < -0.4 is 10.9 Å². The van der Waals surface area contributed by atoms with Gasteiger partial charge in [-0.1, -0.05) is 18.2 Å². The van der Waals surface area contributed by atoms with Crippen molar-refractivity contribution >= 4 is 16.7 Å². The maximum Gasteiger partial charge on any atom is 0.272 e. The summed E-state index contributed by atoms with van der Waals surface area (Å²) in [7, 11) is 0. The van der Waals surface area contributed by atoms with Gasteiger partial charge < -0.3 is 15.5 Å². The van der Waals surface area contributed by atoms with Crippen LogP contribution in [0.5, 0.6) is 0 Å². The standard InChI is InChI=1S/C13H15N3O4/c1-13(6-17,7-18)14-12(20)10-8-4-2-3-5-9(8)11(19)16-15-10/h2-5,17-18H,6-7H2,1H3,(H,14,20)(H,16,19). The van der Waals surface area contributed by atoms with Crippen LogP contribution in [0.3, 0.4) is 0 Å². The molecule has 0 aliphatic carbocycles. The van der Waals surface area contributed by atoms with Gasteiger partial charge in [-0.2, -0.15) is 5.10 Å². The summed E-state index contributed by atoms with van der Waals surface area (Å²) < 4.78 is 0. The molecule has 0 spiro atoms. The summed E-state index contributed by atoms with van der Waals surface area (Å²) in [6.07, 6.45) is 0. The molecule has 0 aliphatic heterocycles. The van der Waals surface area contributed by atoms with Crippen LogP contribution in [0.15, 0.2) is 29.1 Å². The van der Waals surface area contributed by atoms with E-state index in [0.717, 1.165) is 0 Å². The Kier molecular flexibility index (Phi) is 3.82. The Morgan fingerprint density at radius 2 is 1.90 bits per heavy atom. The Labute approximate surface area is 114 Å². The van der Waals surface area contributed by atoms with Crippen molar-refractivity contribution in [3.8, 4) is 0 Å². The molecular formula is C13H15N3O4. The molecule has 0 atom stereocenters. The third kappa shape index (κ3) is 2.54. The second-order valence-corrected chi connectivity index (χ2v) is 4.78. The maximum atomic E-state index is 12.2. The molecule has 1 aromatic heterocycles. The van der Waals surface area contributed by atoms with Crippen LogP contribution >= 0.6 is 0 Å². The Bertz CT molecular complexity index is 691. The summed E-state index contributed by atoms with van der Waals surface area (Å²) in [4.78, 5) is 23.8. The molecule has 106 valence electrons. The second-order valence-electron chi connectivity index (χ2n) is 4.78. The van der Waals surface area contributed by atoms with Gasteiger partial charge in [-0.3, -0.25) is 9.59 Å². The summed E-state index contributed by atoms with van der Waals surface area (Å²) in [5, 5.41) is 27.6. The number of aliphatic hydroxyl groups excluding tert-OH is 2. The van der Waals surface area contributed by atoms with Crippen LogP contribution in [0, 0.1) is 0 Å². The molecule has 1 aromatic carbocycles. The number of aromatic nitrogens is 2. The van der Waals surface area contributed by atoms with Gasteiger partial charge in [0.2, 0.25) is 0 Å². The summed E-state index contributed by atoms with van der Waals surface area (Å²) in [6, 6.07) is 6.58. The number of fused-ring (bicyclic) bond motifs is 1. The van der Waals surface area contributed by atoms with Gasteiger partial charge in [-0.15, -0.1) is 0 Å². The van der Waals surface area contributed by atoms with Gasteiger partial charge in [-0.05, 0) is 13.0 Å². The summed E-state index contributed by atoms with van der Waals surface area (Å²) in [5.74, 6) is -0.581. The van der Waals surface area contributed by atoms with Crippen LogP contribution in [0.2, 0.25) is 0 Å². The van der Waals surface area contributed by atoms with Crippen LogP contribution in [-0.4, -0.2) is 45.1 Å². The monoisotopic (exact) mass is 277 g/mol. The number of carbonyl (C=O) groups is 1. The fourth-order valence-electron chi connectivity index (χ4n) is 1.75. The number of hydrogen-bond acceptors (Lipinski definition) is 5. The first kappa shape index (κ1) is 14.2. The Balaban J connectivity index is 2.46. The van der Waals surface area contributed by atoms with Crippen molar-refractivity contribution in [2.24, 2.45) is 0 Å². The second kappa shape index (κ2) is 5.40. The summed E-state index contributed by atoms with van der Waals surface area (Å²) >= 11 is 0. The number of nitrogens with one attached hydrogen (secondary N) is 2. The molecule has 2 aromatic rings. The summed E-state index contributed by atoms with van der Waals surface area (Å²) in [5.41, 5.74) is -1.51. The van der Waals surface area contributed by atoms with E-state index in [4.69, 9.17) is 0 Å². The van der Waals surface area contributed by atoms with Gasteiger partial charge in [0.15, 0.2) is 5.69 Å². The van der Waals surface area contributed by atoms with Crippen molar-refractivity contribution in [2.75, 3.05) is 13.2 Å². The molecule has 0 fully saturated rings. The zero-order chi connectivity index (χ0) is 14.8. The molecule has 2 rings (SSSR count). The minimum atomic E-state index is -1.16. The molecule has 20 heavy (non-hydrogen) atoms. The van der Waals surface area contributed by atoms with Crippen molar-refractivity contribution in [2.45, 2.75) is 12.5 Å². The van der Waals surface area contributed by atoms with E-state index < -0.39 is 24.7 Å². The van der Waals surface area contributed by atoms with E-state index in [9.17, 15) is 19.8 Å². The quantitative estimate of drug-likeness (QED) is 0.595. The molecule has 7 heteroatoms. The maximum absolute atomic E-state index is 12.2. The van der Waals surface area contributed by atoms with E-state index in [-0.39, 0.29) is 11.3 Å². The predicted octanol–water partition coefficient (Wildman–Crippen LogP) is -0.604. The van der Waals surface area contributed by atoms with E-state index in [2.05, 4.69) is 15.5 Å². The zero-order valence-corrected chi connectivity index (χ0v) is 10.9. The van der Waals surface area contributed by atoms with Crippen LogP contribution in [0.1, 0.15) is 17.4 Å². The van der Waals surface area contributed by atoms with Gasteiger partial charge in [0, 0.05) is 5.39 Å². The Hall–Kier alpha value is -2.25. The van der Waals surface area contributed by atoms with Crippen molar-refractivity contribution in [3.05, 3.63) is 40.3 Å². The average Bonchev–Trinajstić information content (AvgIpc) is 2.47. The van der Waals surface area contributed by atoms with Gasteiger partial charge in [0.1, 0.15) is 0 Å². The lowest BCUT2D eigenvalue weighted by molar-refractivity contribution is 0.0720. The van der Waals surface area contributed by atoms with E-state index in [0.29, 0.717) is 10.8 Å². The first-order valence-electron chi connectivity index (χ1n) is 6.02. The third-order valence-electron chi connectivity index (χ3n) is 3.02. The number of rotatable bonds is 4. The number of nitrogens with zero attached hydrogens (tertiary/aromatic N) is 1. The van der Waals surface area contributed by atoms with Gasteiger partial charge in [-0.25, -0.2) is 5.10 Å². The highest BCUT2D eigenvalue weighted by molar-refractivity contribution is 6.04. The lowest BCUT2D eigenvalue weighted by Gasteiger charge is -2.25. The Morgan fingerprint density at radius 1 is 1.30 bits per heavy atom. The molecule has 0 saturated carbocycles. The number of hydrogen-bond donors (Lipinski definition) is 4. The lowest BCUT2D eigenvalue weighted by Crippen LogP contribution is -2.52. The molecule has 1 amide bonds. The first-order valence-corrected chi connectivity index (χ1v) is 6.02. The highest BCUT2D eigenvalue weighted by Crippen LogP contribution is 2.13. The molecular weight excluding hydrogens is 262 g/mol. The van der Waals surface area contributed by atoms with Gasteiger partial charge in [0.05, 0.1) is 24.1 Å². The SMILES string of the molecule is CC(CO)(CO)NC(=O)c1n[nH]c(=O)c2ccccc12. The molecule has 0 bridgehead atoms. The largest absolute Gasteiger partial charge is 0.394 e. The normalized spacial score (nSPS) is 11.6. The zero-order valence-electron chi connectivity index (χ0n) is 10.9. The smallest absolute Gasteiger partial charge is 0.272 e. The molecule has 0 aliphatic rings. The molecule has 7 nitrogen and oxygen atoms in total. The molecule has 0 unspecified atom stereocenters. The van der Waals surface area contributed by atoms with Crippen LogP contribution in [0.4, 0.5) is 0 Å². The minimum Gasteiger partial charge on any atom is -0.394 e. The molecule has 1 heterocycles. The Morgan fingerprint density at radius 3 is 2.50 bits per heavy atom. The highest BCUT2D eigenvalue weighted by Gasteiger charge is 2.26. The van der Waals surface area contributed by atoms with Crippen LogP contribution in [-0.2, 0) is 0 Å². The van der Waals surface area contributed by atoms with Crippen molar-refractivity contribution in [1.29, 1.82) is 0 Å². The first-order chi connectivity index (χ1) is 9.50. The van der Waals surface area contributed by atoms with Gasteiger partial charge >= 0.3 is 0 Å². The minimum absolute atomic E-state index is 0.0355. The number of benzene rings is 1. The topological polar surface area (TPSA) is 115 Å². The molecule has 4 N–H and O–H groups in total. The summed E-state index contributed by atoms with van der Waals surface area (Å²) in [6.45, 7) is 0.659. The van der Waals surface area contributed by atoms with Crippen molar-refractivity contribution in [3.63, 3.8) is 0 Å².